The molecular weight excluding hydrogens is 258 g/mol. The summed E-state index contributed by atoms with van der Waals surface area (Å²) in [7, 11) is 0. The van der Waals surface area contributed by atoms with Crippen molar-refractivity contribution < 1.29 is 9.47 Å². The van der Waals surface area contributed by atoms with Crippen molar-refractivity contribution in [1.29, 1.82) is 5.26 Å². The maximum Gasteiger partial charge on any atom is 0.138 e. The minimum absolute atomic E-state index is 0.165. The van der Waals surface area contributed by atoms with Gasteiger partial charge in [0.2, 0.25) is 0 Å². The monoisotopic (exact) mass is 279 g/mol. The van der Waals surface area contributed by atoms with E-state index in [0.29, 0.717) is 24.5 Å². The molecule has 0 unspecified atom stereocenters. The third kappa shape index (κ3) is 5.54. The Morgan fingerprint density at radius 1 is 1.26 bits per heavy atom. The lowest BCUT2D eigenvalue weighted by molar-refractivity contribution is -0.0163. The van der Waals surface area contributed by atoms with Crippen LogP contribution >= 0.6 is 11.8 Å². The summed E-state index contributed by atoms with van der Waals surface area (Å²) in [5.41, 5.74) is 0.450. The smallest absolute Gasteiger partial charge is 0.138 e. The normalized spacial score (nSPS) is 11.1. The molecule has 0 bridgehead atoms. The second-order valence-electron chi connectivity index (χ2n) is 4.98. The van der Waals surface area contributed by atoms with Crippen LogP contribution in [-0.2, 0) is 4.74 Å². The average Bonchev–Trinajstić information content (AvgIpc) is 2.34. The first-order valence-corrected chi connectivity index (χ1v) is 7.39. The van der Waals surface area contributed by atoms with Gasteiger partial charge < -0.3 is 9.47 Å². The number of hydrogen-bond donors (Lipinski definition) is 0. The van der Waals surface area contributed by atoms with Crippen LogP contribution in [0.2, 0.25) is 0 Å². The van der Waals surface area contributed by atoms with Crippen LogP contribution in [0, 0.1) is 11.3 Å². The van der Waals surface area contributed by atoms with Crippen molar-refractivity contribution in [3.63, 3.8) is 0 Å². The predicted octanol–water partition coefficient (Wildman–Crippen LogP) is 3.86. The Balaban J connectivity index is 2.63. The van der Waals surface area contributed by atoms with Crippen molar-refractivity contribution in [1.82, 2.24) is 0 Å². The van der Waals surface area contributed by atoms with Gasteiger partial charge in [0.05, 0.1) is 12.2 Å². The molecule has 19 heavy (non-hydrogen) atoms. The SMILES string of the molecule is CCSc1cccc(OCCOC(C)(C)C)c1C#N. The van der Waals surface area contributed by atoms with Crippen LogP contribution in [0.5, 0.6) is 5.75 Å². The van der Waals surface area contributed by atoms with Crippen molar-refractivity contribution in [2.24, 2.45) is 0 Å². The van der Waals surface area contributed by atoms with Crippen molar-refractivity contribution in [2.75, 3.05) is 19.0 Å². The van der Waals surface area contributed by atoms with Crippen molar-refractivity contribution >= 4 is 11.8 Å². The molecule has 0 aliphatic carbocycles. The van der Waals surface area contributed by atoms with E-state index in [9.17, 15) is 5.26 Å². The zero-order valence-corrected chi connectivity index (χ0v) is 12.8. The molecule has 1 aromatic rings. The molecule has 4 heteroatoms. The van der Waals surface area contributed by atoms with Crippen LogP contribution in [0.4, 0.5) is 0 Å². The standard InChI is InChI=1S/C15H21NO2S/c1-5-19-14-8-6-7-13(12(14)11-16)17-9-10-18-15(2,3)4/h6-8H,5,9-10H2,1-4H3. The Labute approximate surface area is 119 Å². The van der Waals surface area contributed by atoms with Crippen molar-refractivity contribution in [3.05, 3.63) is 23.8 Å². The summed E-state index contributed by atoms with van der Waals surface area (Å²) in [5.74, 6) is 1.57. The number of hydrogen-bond acceptors (Lipinski definition) is 4. The van der Waals surface area contributed by atoms with Gasteiger partial charge in [0, 0.05) is 4.90 Å². The molecule has 0 heterocycles. The Morgan fingerprint density at radius 2 is 2.00 bits per heavy atom. The van der Waals surface area contributed by atoms with Crippen LogP contribution in [0.25, 0.3) is 0 Å². The van der Waals surface area contributed by atoms with Gasteiger partial charge in [-0.1, -0.05) is 13.0 Å². The first-order chi connectivity index (χ1) is 8.98. The van der Waals surface area contributed by atoms with Crippen LogP contribution in [-0.4, -0.2) is 24.6 Å². The van der Waals surface area contributed by atoms with Crippen LogP contribution in [0.15, 0.2) is 23.1 Å². The minimum atomic E-state index is -0.165. The summed E-state index contributed by atoms with van der Waals surface area (Å²) in [6.07, 6.45) is 0. The van der Waals surface area contributed by atoms with E-state index in [4.69, 9.17) is 9.47 Å². The molecule has 0 atom stereocenters. The second kappa shape index (κ2) is 7.42. The molecule has 104 valence electrons. The highest BCUT2D eigenvalue weighted by Gasteiger charge is 2.11. The summed E-state index contributed by atoms with van der Waals surface area (Å²) in [6, 6.07) is 7.91. The molecule has 0 aliphatic rings. The van der Waals surface area contributed by atoms with Gasteiger partial charge in [-0.3, -0.25) is 0 Å². The minimum Gasteiger partial charge on any atom is -0.490 e. The molecule has 0 saturated carbocycles. The number of thioether (sulfide) groups is 1. The van der Waals surface area contributed by atoms with Gasteiger partial charge in [-0.05, 0) is 38.7 Å². The molecule has 0 N–H and O–H groups in total. The maximum absolute atomic E-state index is 9.24. The second-order valence-corrected chi connectivity index (χ2v) is 6.29. The zero-order chi connectivity index (χ0) is 14.3. The Morgan fingerprint density at radius 3 is 2.58 bits per heavy atom. The lowest BCUT2D eigenvalue weighted by Gasteiger charge is -2.19. The number of benzene rings is 1. The van der Waals surface area contributed by atoms with Gasteiger partial charge in [0.1, 0.15) is 24.0 Å². The number of nitriles is 1. The third-order valence-corrected chi connectivity index (χ3v) is 3.22. The summed E-state index contributed by atoms with van der Waals surface area (Å²) < 4.78 is 11.2. The van der Waals surface area contributed by atoms with E-state index in [0.717, 1.165) is 10.6 Å². The highest BCUT2D eigenvalue weighted by molar-refractivity contribution is 7.99. The maximum atomic E-state index is 9.24. The summed E-state index contributed by atoms with van der Waals surface area (Å²) in [5, 5.41) is 9.24. The van der Waals surface area contributed by atoms with Gasteiger partial charge in [-0.15, -0.1) is 11.8 Å². The Bertz CT molecular complexity index is 446. The van der Waals surface area contributed by atoms with E-state index in [2.05, 4.69) is 13.0 Å². The number of ether oxygens (including phenoxy) is 2. The summed E-state index contributed by atoms with van der Waals surface area (Å²) in [6.45, 7) is 9.05. The first kappa shape index (κ1) is 15.9. The zero-order valence-electron chi connectivity index (χ0n) is 12.0. The molecule has 1 aromatic carbocycles. The van der Waals surface area contributed by atoms with E-state index in [-0.39, 0.29) is 5.60 Å². The molecule has 0 fully saturated rings. The van der Waals surface area contributed by atoms with E-state index < -0.39 is 0 Å². The molecule has 0 radical (unpaired) electrons. The Kier molecular flexibility index (Phi) is 6.20. The van der Waals surface area contributed by atoms with E-state index in [1.165, 1.54) is 0 Å². The average molecular weight is 279 g/mol. The van der Waals surface area contributed by atoms with E-state index in [1.54, 1.807) is 11.8 Å². The van der Waals surface area contributed by atoms with Gasteiger partial charge in [0.25, 0.3) is 0 Å². The lowest BCUT2D eigenvalue weighted by Crippen LogP contribution is -2.22. The molecule has 0 amide bonds. The van der Waals surface area contributed by atoms with Gasteiger partial charge >= 0.3 is 0 Å². The molecule has 0 aliphatic heterocycles. The lowest BCUT2D eigenvalue weighted by atomic mass is 10.2. The fraction of sp³-hybridized carbons (Fsp3) is 0.533. The predicted molar refractivity (Wildman–Crippen MR) is 78.8 cm³/mol. The van der Waals surface area contributed by atoms with E-state index in [1.807, 2.05) is 39.0 Å². The molecule has 0 saturated heterocycles. The van der Waals surface area contributed by atoms with Crippen molar-refractivity contribution in [3.8, 4) is 11.8 Å². The van der Waals surface area contributed by atoms with Crippen LogP contribution in [0.3, 0.4) is 0 Å². The highest BCUT2D eigenvalue weighted by atomic mass is 32.2. The third-order valence-electron chi connectivity index (χ3n) is 2.28. The Hall–Kier alpha value is -1.18. The molecule has 1 rings (SSSR count). The quantitative estimate of drug-likeness (QED) is 0.585. The fourth-order valence-electron chi connectivity index (χ4n) is 1.52. The largest absolute Gasteiger partial charge is 0.490 e. The summed E-state index contributed by atoms with van der Waals surface area (Å²) in [4.78, 5) is 0.972. The van der Waals surface area contributed by atoms with Crippen molar-refractivity contribution in [2.45, 2.75) is 38.2 Å². The van der Waals surface area contributed by atoms with Crippen LogP contribution < -0.4 is 4.74 Å². The molecular formula is C15H21NO2S. The highest BCUT2D eigenvalue weighted by Crippen LogP contribution is 2.29. The van der Waals surface area contributed by atoms with E-state index >= 15 is 0 Å². The fourth-order valence-corrected chi connectivity index (χ4v) is 2.29. The molecule has 0 spiro atoms. The number of rotatable bonds is 6. The first-order valence-electron chi connectivity index (χ1n) is 6.40. The van der Waals surface area contributed by atoms with Gasteiger partial charge in [0.15, 0.2) is 0 Å². The molecule has 3 nitrogen and oxygen atoms in total. The van der Waals surface area contributed by atoms with Crippen LogP contribution in [0.1, 0.15) is 33.3 Å². The van der Waals surface area contributed by atoms with Gasteiger partial charge in [-0.25, -0.2) is 0 Å². The number of nitrogens with zero attached hydrogens (tertiary/aromatic N) is 1. The van der Waals surface area contributed by atoms with Gasteiger partial charge in [-0.2, -0.15) is 5.26 Å². The topological polar surface area (TPSA) is 42.2 Å². The summed E-state index contributed by atoms with van der Waals surface area (Å²) >= 11 is 1.65. The molecule has 0 aromatic heterocycles.